The molecule has 241 valence electrons. The van der Waals surface area contributed by atoms with E-state index >= 15 is 0 Å². The number of aliphatic hydroxyl groups excluding tert-OH is 2. The average molecular weight is 1040 g/mol. The molecular weight excluding hydrogens is 990 g/mol. The number of Topliss-reactive ketones (excluding diaryl/α,β-unsaturated/α-hetero) is 1. The molecule has 0 bridgehead atoms. The van der Waals surface area contributed by atoms with E-state index in [1.165, 1.54) is 12.5 Å². The number of hydrogen-bond donors (Lipinski definition) is 3. The number of aliphatic hydroxyl groups is 3. The summed E-state index contributed by atoms with van der Waals surface area (Å²) >= 11 is 0. The van der Waals surface area contributed by atoms with E-state index in [0.29, 0.717) is 0 Å². The molecule has 3 N–H and O–H groups in total. The van der Waals surface area contributed by atoms with E-state index in [4.69, 9.17) is 9.26 Å². The van der Waals surface area contributed by atoms with Crippen LogP contribution in [0.15, 0.2) is 11.6 Å². The van der Waals surface area contributed by atoms with Crippen molar-refractivity contribution in [2.45, 2.75) is 84.4 Å². The predicted molar refractivity (Wildman–Crippen MR) is 213 cm³/mol. The van der Waals surface area contributed by atoms with Crippen LogP contribution in [0.3, 0.4) is 0 Å². The maximum atomic E-state index is 13.6. The number of carbonyl (C=O) groups is 1. The quantitative estimate of drug-likeness (QED) is 0.141. The molecule has 10 unspecified atom stereocenters. The van der Waals surface area contributed by atoms with Gasteiger partial charge in [0.05, 0.1) is 37.9 Å². The Hall–Kier alpha value is 6.24. The molecule has 0 aromatic rings. The Bertz CT molecular complexity index is 984. The van der Waals surface area contributed by atoms with Gasteiger partial charge in [0.25, 0.3) is 0 Å². The molecule has 6 nitrogen and oxygen atoms in total. The number of ketones is 1. The van der Waals surface area contributed by atoms with Gasteiger partial charge in [-0.2, -0.15) is 0 Å². The summed E-state index contributed by atoms with van der Waals surface area (Å²) in [5, 5.41) is 33.8. The van der Waals surface area contributed by atoms with Crippen molar-refractivity contribution in [3.05, 3.63) is 11.6 Å². The normalized spacial score (nSPS) is 37.4. The third kappa shape index (κ3) is 9.23. The summed E-state index contributed by atoms with van der Waals surface area (Å²) in [4.78, 5) is 13.6. The van der Waals surface area contributed by atoms with Crippen LogP contribution in [0.5, 0.6) is 0 Å². The summed E-state index contributed by atoms with van der Waals surface area (Å²) in [6, 6.07) is 0. The van der Waals surface area contributed by atoms with E-state index in [-0.39, 0.29) is 108 Å². The smallest absolute Gasteiger partial charge is 0.169 e. The Morgan fingerprint density at radius 1 is 1.05 bits per heavy atom. The van der Waals surface area contributed by atoms with Crippen LogP contribution in [0.2, 0.25) is 0 Å². The zero-order valence-corrected chi connectivity index (χ0v) is 43.3. The molecule has 0 amide bonds. The molecule has 18 atom stereocenters. The molecule has 20 heteroatoms. The van der Waals surface area contributed by atoms with Crippen molar-refractivity contribution in [2.75, 3.05) is 6.61 Å². The number of ether oxygens (including phenoxy) is 1. The topological polar surface area (TPSA) is 96.2 Å². The predicted octanol–water partition coefficient (Wildman–Crippen LogP) is 9.38. The first kappa shape index (κ1) is 44.4. The standard InChI is InChI=1S/C22H49O6P13.Ac/c1-11-9-20(4,5)14(7-15(11)28-36(40(35)37(29)30)41(38(31)32)39(33)34)12(2)18-21(6,19(25)13(3)23)16(24)8-17-22(18,26)10-27-17;/h9,12-18,23-24,26H,7-8,10,29-35H2,1-6H3;/t12-,13-,14?,15+,16+,17-,18+,21-,22+,36?,40?;/m1./s1. The number of hydrogen-bond acceptors (Lipinski definition) is 6. The van der Waals surface area contributed by atoms with Gasteiger partial charge in [0.1, 0.15) is 11.7 Å². The number of carbonyl (C=O) groups excluding carboxylic acids is 1. The van der Waals surface area contributed by atoms with E-state index in [9.17, 15) is 20.1 Å². The monoisotopic (exact) mass is 1040 g/mol. The SMILES string of the molecule is CC1=CC(C)(C)C([C@@H](C)[C@@H]2[C@]3(O)CO[C@@H]3C[C@H](O)[C@@]2(C)C(=O)[C@@H](C)O)C[C@@H]1OP(P(P)P(P)P)P(P(P)P)P(P)P.[Ac]. The van der Waals surface area contributed by atoms with Crippen molar-refractivity contribution < 1.29 is 73.4 Å². The molecular formula is C22H49AcO6P13. The fourth-order valence-corrected chi connectivity index (χ4v) is 103. The third-order valence-electron chi connectivity index (χ3n) is 9.19. The first-order valence-electron chi connectivity index (χ1n) is 13.4. The summed E-state index contributed by atoms with van der Waals surface area (Å²) in [7, 11) is 20.8. The molecule has 2 aliphatic carbocycles. The van der Waals surface area contributed by atoms with Crippen molar-refractivity contribution in [3.63, 3.8) is 0 Å². The van der Waals surface area contributed by atoms with Crippen LogP contribution in [-0.2, 0) is 14.1 Å². The number of fused-ring (bicyclic) bond motifs is 1. The van der Waals surface area contributed by atoms with Crippen LogP contribution in [-0.4, -0.2) is 57.7 Å². The second-order valence-electron chi connectivity index (χ2n) is 12.3. The molecule has 0 aromatic carbocycles. The van der Waals surface area contributed by atoms with Gasteiger partial charge in [-0.15, -0.1) is 53.6 Å². The van der Waals surface area contributed by atoms with Crippen LogP contribution in [0.1, 0.15) is 54.4 Å². The van der Waals surface area contributed by atoms with Gasteiger partial charge in [0.2, 0.25) is 0 Å². The first-order valence-corrected chi connectivity index (χ1v) is 36.2. The van der Waals surface area contributed by atoms with E-state index in [1.54, 1.807) is 6.92 Å². The van der Waals surface area contributed by atoms with Crippen molar-refractivity contribution in [3.8, 4) is 0 Å². The molecule has 3 aliphatic rings. The fourth-order valence-electron chi connectivity index (χ4n) is 7.31. The van der Waals surface area contributed by atoms with Gasteiger partial charge < -0.3 is 24.6 Å². The van der Waals surface area contributed by atoms with Gasteiger partial charge in [-0.3, -0.25) is 4.79 Å². The minimum Gasteiger partial charge on any atom is -0.392 e. The molecule has 0 aromatic heterocycles. The van der Waals surface area contributed by atoms with E-state index in [2.05, 4.69) is 96.3 Å². The zero-order chi connectivity index (χ0) is 31.4. The van der Waals surface area contributed by atoms with Gasteiger partial charge in [-0.25, -0.2) is 0 Å². The van der Waals surface area contributed by atoms with Crippen molar-refractivity contribution in [1.82, 2.24) is 0 Å². The molecule has 1 saturated heterocycles. The molecule has 2 fully saturated rings. The third-order valence-corrected chi connectivity index (χ3v) is 80.0. The molecule has 1 heterocycles. The summed E-state index contributed by atoms with van der Waals surface area (Å²) in [6.07, 6.45) is 0.506. The second kappa shape index (κ2) is 17.8. The van der Waals surface area contributed by atoms with Crippen molar-refractivity contribution in [2.24, 2.45) is 28.6 Å². The molecule has 1 radical (unpaired) electrons. The van der Waals surface area contributed by atoms with E-state index in [0.717, 1.165) is 6.42 Å². The molecule has 0 spiro atoms. The Kier molecular flexibility index (Phi) is 18.9. The van der Waals surface area contributed by atoms with E-state index in [1.807, 2.05) is 0 Å². The average Bonchev–Trinajstić information content (AvgIpc) is 2.84. The maximum Gasteiger partial charge on any atom is 0.169 e. The van der Waals surface area contributed by atoms with Crippen LogP contribution < -0.4 is 0 Å². The van der Waals surface area contributed by atoms with Crippen LogP contribution in [0, 0.1) is 72.6 Å². The Morgan fingerprint density at radius 2 is 1.60 bits per heavy atom. The first-order chi connectivity index (χ1) is 18.7. The summed E-state index contributed by atoms with van der Waals surface area (Å²) in [6.45, 7) is 10.5. The van der Waals surface area contributed by atoms with Gasteiger partial charge in [0, 0.05) is 70.4 Å². The van der Waals surface area contributed by atoms with Crippen LogP contribution in [0.25, 0.3) is 0 Å². The number of rotatable bonds is 11. The Labute approximate surface area is 312 Å². The van der Waals surface area contributed by atoms with Crippen LogP contribution in [0.4, 0.5) is 0 Å². The van der Waals surface area contributed by atoms with Gasteiger partial charge in [-0.1, -0.05) is 35.8 Å². The number of allylic oxidation sites excluding steroid dienone is 1. The molecule has 42 heavy (non-hydrogen) atoms. The largest absolute Gasteiger partial charge is 0.392 e. The van der Waals surface area contributed by atoms with Gasteiger partial charge >= 0.3 is 0 Å². The van der Waals surface area contributed by atoms with Gasteiger partial charge in [-0.05, 0) is 71.0 Å². The van der Waals surface area contributed by atoms with E-state index < -0.39 is 55.5 Å². The summed E-state index contributed by atoms with van der Waals surface area (Å²) in [5.74, 6) is -1.05. The minimum absolute atomic E-state index is 0. The fraction of sp³-hybridized carbons (Fsp3) is 0.864. The van der Waals surface area contributed by atoms with Crippen molar-refractivity contribution >= 4 is 111 Å². The van der Waals surface area contributed by atoms with Crippen molar-refractivity contribution in [1.29, 1.82) is 0 Å². The summed E-state index contributed by atoms with van der Waals surface area (Å²) in [5.41, 5.74) is -1.49. The Balaban J connectivity index is 0.00000616. The zero-order valence-electron chi connectivity index (χ0n) is 25.1. The van der Waals surface area contributed by atoms with Crippen LogP contribution >= 0.6 is 105 Å². The molecule has 1 aliphatic heterocycles. The minimum atomic E-state index is -1.29. The molecule has 1 saturated carbocycles. The summed E-state index contributed by atoms with van der Waals surface area (Å²) < 4.78 is 13.0. The maximum absolute atomic E-state index is 13.6. The second-order valence-corrected chi connectivity index (χ2v) is 61.1. The van der Waals surface area contributed by atoms with Gasteiger partial charge in [0.15, 0.2) is 5.78 Å². The molecule has 3 rings (SSSR count). The Morgan fingerprint density at radius 3 is 2.02 bits per heavy atom.